The Hall–Kier alpha value is 0.440. The Bertz CT molecular complexity index is 59.7. The zero-order valence-corrected chi connectivity index (χ0v) is 5.04. The highest BCUT2D eigenvalue weighted by molar-refractivity contribution is 7.83. The van der Waals surface area contributed by atoms with Gasteiger partial charge in [-0.1, -0.05) is 0 Å². The lowest BCUT2D eigenvalue weighted by Gasteiger charge is -1.81. The van der Waals surface area contributed by atoms with Crippen LogP contribution in [0.25, 0.3) is 0 Å². The van der Waals surface area contributed by atoms with E-state index in [1.807, 2.05) is 0 Å². The second-order valence-corrected chi connectivity index (χ2v) is 4.22. The van der Waals surface area contributed by atoms with Crippen LogP contribution >= 0.6 is 18.0 Å². The van der Waals surface area contributed by atoms with Gasteiger partial charge in [-0.05, 0) is 11.2 Å². The summed E-state index contributed by atoms with van der Waals surface area (Å²) in [5.74, 6) is 0. The Kier molecular flexibility index (Phi) is 4.17. The normalized spacial score (nSPS) is 17.8. The second-order valence-electron chi connectivity index (χ2n) is 0.778. The molecule has 0 aliphatic rings. The Morgan fingerprint density at radius 3 is 1.83 bits per heavy atom. The molecule has 4 N–H and O–H groups in total. The predicted molar refractivity (Wildman–Crippen MR) is 26.6 cm³/mol. The van der Waals surface area contributed by atoms with E-state index in [1.165, 1.54) is 0 Å². The van der Waals surface area contributed by atoms with E-state index in [-0.39, 0.29) is 6.15 Å². The molecular weight excluding hydrogens is 124 g/mol. The van der Waals surface area contributed by atoms with Gasteiger partial charge < -0.3 is 11.0 Å². The molecule has 0 aliphatic carbocycles. The van der Waals surface area contributed by atoms with Crippen LogP contribution in [0.2, 0.25) is 0 Å². The summed E-state index contributed by atoms with van der Waals surface area (Å²) in [5, 5.41) is 0. The molecule has 0 bridgehead atoms. The zero-order valence-electron chi connectivity index (χ0n) is 3.39. The highest BCUT2D eigenvalue weighted by atomic mass is 35.7. The van der Waals surface area contributed by atoms with E-state index in [2.05, 4.69) is 11.2 Å². The van der Waals surface area contributed by atoms with Crippen LogP contribution in [0, 0.1) is 0 Å². The molecule has 0 aromatic rings. The molecule has 1 atom stereocenters. The van der Waals surface area contributed by atoms with Gasteiger partial charge in [0.05, 0.1) is 0 Å². The van der Waals surface area contributed by atoms with Crippen molar-refractivity contribution in [1.82, 2.24) is 6.15 Å². The highest BCUT2D eigenvalue weighted by Gasteiger charge is 1.96. The van der Waals surface area contributed by atoms with Crippen LogP contribution in [0.3, 0.4) is 0 Å². The summed E-state index contributed by atoms with van der Waals surface area (Å²) in [6.07, 6.45) is 0. The number of halogens is 1. The van der Waals surface area contributed by atoms with Crippen molar-refractivity contribution in [3.8, 4) is 0 Å². The summed E-state index contributed by atoms with van der Waals surface area (Å²) < 4.78 is 9.54. The summed E-state index contributed by atoms with van der Waals surface area (Å²) in [6, 6.07) is 0. The molecule has 0 saturated carbocycles. The minimum atomic E-state index is -3.17. The molecule has 1 unspecified atom stereocenters. The van der Waals surface area contributed by atoms with Gasteiger partial charge in [-0.25, -0.2) is 0 Å². The van der Waals surface area contributed by atoms with Crippen molar-refractivity contribution in [3.05, 3.63) is 0 Å². The summed E-state index contributed by atoms with van der Waals surface area (Å²) >= 11 is 4.64. The van der Waals surface area contributed by atoms with Crippen molar-refractivity contribution in [1.29, 1.82) is 0 Å². The summed E-state index contributed by atoms with van der Waals surface area (Å²) in [6.45, 7) is -2.10. The number of hydrogen-bond acceptors (Lipinski definition) is 2. The maximum Gasteiger partial charge on any atom is 0.284 e. The fourth-order valence-electron chi connectivity index (χ4n) is 0. The van der Waals surface area contributed by atoms with Gasteiger partial charge in [-0.15, -0.1) is 0 Å². The van der Waals surface area contributed by atoms with Crippen LogP contribution in [-0.2, 0) is 4.57 Å². The predicted octanol–water partition coefficient (Wildman–Crippen LogP) is 1.20. The second kappa shape index (κ2) is 2.59. The van der Waals surface area contributed by atoms with Crippen molar-refractivity contribution < 1.29 is 9.46 Å². The van der Waals surface area contributed by atoms with Gasteiger partial charge >= 0.3 is 0 Å². The molecule has 6 heavy (non-hydrogen) atoms. The van der Waals surface area contributed by atoms with Gasteiger partial charge in [0.2, 0.25) is 0 Å². The van der Waals surface area contributed by atoms with Gasteiger partial charge in [-0.2, -0.15) is 0 Å². The van der Waals surface area contributed by atoms with Crippen molar-refractivity contribution in [2.75, 3.05) is 6.66 Å². The summed E-state index contributed by atoms with van der Waals surface area (Å²) in [7, 11) is 0. The first-order valence-electron chi connectivity index (χ1n) is 0.999. The van der Waals surface area contributed by atoms with Crippen LogP contribution in [0.1, 0.15) is 0 Å². The maximum absolute atomic E-state index is 9.54. The van der Waals surface area contributed by atoms with Gasteiger partial charge in [0, 0.05) is 6.66 Å². The lowest BCUT2D eigenvalue weighted by atomic mass is 12.0. The first kappa shape index (κ1) is 9.67. The quantitative estimate of drug-likeness (QED) is 0.485. The average molecular weight is 131 g/mol. The lowest BCUT2D eigenvalue weighted by Crippen LogP contribution is -1.52. The van der Waals surface area contributed by atoms with Crippen LogP contribution < -0.4 is 6.15 Å². The molecule has 0 spiro atoms. The Morgan fingerprint density at radius 2 is 1.83 bits per heavy atom. The van der Waals surface area contributed by atoms with Gasteiger partial charge in [0.15, 0.2) is 0 Å². The third-order valence-electron chi connectivity index (χ3n) is 0. The van der Waals surface area contributed by atoms with E-state index in [0.29, 0.717) is 0 Å². The fourth-order valence-corrected chi connectivity index (χ4v) is 0. The van der Waals surface area contributed by atoms with E-state index in [9.17, 15) is 4.57 Å². The standard InChI is InChI=1S/CH4ClO2P.H3N/c1-5(2,3)4;/h1H3,(H,3,4);1H3. The van der Waals surface area contributed by atoms with Gasteiger partial charge in [0.1, 0.15) is 0 Å². The largest absolute Gasteiger partial charge is 0.344 e. The molecule has 0 aromatic heterocycles. The van der Waals surface area contributed by atoms with E-state index >= 15 is 0 Å². The molecule has 0 aliphatic heterocycles. The molecule has 0 aromatic carbocycles. The third kappa shape index (κ3) is 271. The Balaban J connectivity index is 0. The van der Waals surface area contributed by atoms with Crippen molar-refractivity contribution in [3.63, 3.8) is 0 Å². The molecule has 0 radical (unpaired) electrons. The molecule has 0 heterocycles. The molecule has 40 valence electrons. The minimum absolute atomic E-state index is 0. The monoisotopic (exact) mass is 131 g/mol. The van der Waals surface area contributed by atoms with Crippen molar-refractivity contribution >= 4 is 18.0 Å². The lowest BCUT2D eigenvalue weighted by molar-refractivity contribution is 0.502. The van der Waals surface area contributed by atoms with Gasteiger partial charge in [0.25, 0.3) is 6.72 Å². The molecule has 3 nitrogen and oxygen atoms in total. The Morgan fingerprint density at radius 1 is 1.83 bits per heavy atom. The van der Waals surface area contributed by atoms with Crippen LogP contribution in [0.15, 0.2) is 0 Å². The number of hydrogen-bond donors (Lipinski definition) is 2. The molecule has 0 amide bonds. The molecule has 5 heteroatoms. The SMILES string of the molecule is CP(=O)(O)Cl.N. The minimum Gasteiger partial charge on any atom is -0.344 e. The van der Waals surface area contributed by atoms with Crippen LogP contribution in [-0.4, -0.2) is 11.6 Å². The van der Waals surface area contributed by atoms with E-state index < -0.39 is 6.72 Å². The average Bonchev–Trinajstić information content (AvgIpc) is 0.722. The van der Waals surface area contributed by atoms with Crippen molar-refractivity contribution in [2.24, 2.45) is 0 Å². The Labute approximate surface area is 41.1 Å². The molecule has 0 saturated heterocycles. The number of rotatable bonds is 0. The first-order chi connectivity index (χ1) is 2.00. The smallest absolute Gasteiger partial charge is 0.284 e. The third-order valence-corrected chi connectivity index (χ3v) is 0. The topological polar surface area (TPSA) is 72.3 Å². The fraction of sp³-hybridized carbons (Fsp3) is 1.00. The van der Waals surface area contributed by atoms with Crippen molar-refractivity contribution in [2.45, 2.75) is 0 Å². The molecule has 0 rings (SSSR count). The van der Waals surface area contributed by atoms with E-state index in [0.717, 1.165) is 6.66 Å². The van der Waals surface area contributed by atoms with Crippen LogP contribution in [0.5, 0.6) is 0 Å². The summed E-state index contributed by atoms with van der Waals surface area (Å²) in [4.78, 5) is 7.84. The molecule has 0 fully saturated rings. The highest BCUT2D eigenvalue weighted by Crippen LogP contribution is 2.40. The van der Waals surface area contributed by atoms with E-state index in [4.69, 9.17) is 4.89 Å². The first-order valence-corrected chi connectivity index (χ1v) is 4.01. The maximum atomic E-state index is 9.54. The van der Waals surface area contributed by atoms with Gasteiger partial charge in [-0.3, -0.25) is 4.57 Å². The van der Waals surface area contributed by atoms with Crippen LogP contribution in [0.4, 0.5) is 0 Å². The summed E-state index contributed by atoms with van der Waals surface area (Å²) in [5.41, 5.74) is 0. The zero-order chi connectivity index (χ0) is 4.50. The van der Waals surface area contributed by atoms with E-state index in [1.54, 1.807) is 0 Å². The molecular formula is CH7ClNO2P.